The van der Waals surface area contributed by atoms with Gasteiger partial charge >= 0.3 is 0 Å². The lowest BCUT2D eigenvalue weighted by Gasteiger charge is -2.20. The first-order valence-electron chi connectivity index (χ1n) is 9.61. The molecular weight excluding hydrogens is 441 g/mol. The first-order valence-corrected chi connectivity index (χ1v) is 11.7. The first-order chi connectivity index (χ1) is 15.0. The summed E-state index contributed by atoms with van der Waals surface area (Å²) in [6.07, 6.45) is -0.216. The molecule has 11 heteroatoms. The van der Waals surface area contributed by atoms with E-state index in [9.17, 15) is 27.2 Å². The Balaban J connectivity index is 1.97. The average molecular weight is 466 g/mol. The smallest absolute Gasteiger partial charge is 0.279 e. The highest BCUT2D eigenvalue weighted by Gasteiger charge is 2.24. The molecular formula is C21H24FN3O6S. The van der Waals surface area contributed by atoms with E-state index in [1.54, 1.807) is 18.2 Å². The van der Waals surface area contributed by atoms with Gasteiger partial charge in [0.05, 0.1) is 5.75 Å². The quantitative estimate of drug-likeness (QED) is 0.473. The van der Waals surface area contributed by atoms with Crippen molar-refractivity contribution in [3.63, 3.8) is 0 Å². The van der Waals surface area contributed by atoms with Crippen molar-refractivity contribution in [3.05, 3.63) is 66.0 Å². The molecule has 0 bridgehead atoms. The molecule has 2 atom stereocenters. The number of rotatable bonds is 9. The van der Waals surface area contributed by atoms with Crippen molar-refractivity contribution < 1.29 is 31.9 Å². The highest BCUT2D eigenvalue weighted by Crippen LogP contribution is 2.13. The van der Waals surface area contributed by atoms with Gasteiger partial charge in [0.1, 0.15) is 27.4 Å². The van der Waals surface area contributed by atoms with E-state index in [-0.39, 0.29) is 23.5 Å². The zero-order valence-electron chi connectivity index (χ0n) is 17.5. The third-order valence-electron chi connectivity index (χ3n) is 4.24. The monoisotopic (exact) mass is 465 g/mol. The number of carbonyl (C=O) groups excluding carboxylic acids is 3. The predicted octanol–water partition coefficient (Wildman–Crippen LogP) is 0.974. The normalized spacial score (nSPS) is 12.8. The molecule has 0 fully saturated rings. The molecule has 0 aromatic heterocycles. The Hall–Kier alpha value is -3.47. The Morgan fingerprint density at radius 1 is 0.969 bits per heavy atom. The lowest BCUT2D eigenvalue weighted by atomic mass is 10.1. The van der Waals surface area contributed by atoms with Crippen LogP contribution in [0.5, 0.6) is 5.75 Å². The number of amides is 3. The van der Waals surface area contributed by atoms with Crippen LogP contribution in [0.4, 0.5) is 4.39 Å². The van der Waals surface area contributed by atoms with Gasteiger partial charge < -0.3 is 10.1 Å². The molecule has 172 valence electrons. The molecule has 0 saturated heterocycles. The molecule has 2 aromatic rings. The Morgan fingerprint density at radius 2 is 1.56 bits per heavy atom. The van der Waals surface area contributed by atoms with Crippen molar-refractivity contribution in [2.75, 3.05) is 12.0 Å². The number of ether oxygens (including phenoxy) is 1. The van der Waals surface area contributed by atoms with Crippen molar-refractivity contribution in [2.45, 2.75) is 25.5 Å². The fraction of sp³-hybridized carbons (Fsp3) is 0.286. The van der Waals surface area contributed by atoms with Crippen LogP contribution in [0, 0.1) is 5.82 Å². The standard InChI is InChI=1S/C21H24FN3O6S/c1-14(31-17-10-8-16(22)9-11-17)19(26)24-25-21(28)18(12-13-32(2,29)30)23-20(27)15-6-4-3-5-7-15/h3-11,14,18H,12-13H2,1-2H3,(H,23,27)(H,24,26)(H,25,28). The summed E-state index contributed by atoms with van der Waals surface area (Å²) in [5.74, 6) is -2.64. The number of halogens is 1. The molecule has 9 nitrogen and oxygen atoms in total. The van der Waals surface area contributed by atoms with Crippen LogP contribution in [0.15, 0.2) is 54.6 Å². The maximum Gasteiger partial charge on any atom is 0.279 e. The zero-order valence-corrected chi connectivity index (χ0v) is 18.3. The summed E-state index contributed by atoms with van der Waals surface area (Å²) < 4.78 is 41.3. The molecule has 2 aromatic carbocycles. The van der Waals surface area contributed by atoms with Crippen LogP contribution >= 0.6 is 0 Å². The van der Waals surface area contributed by atoms with Crippen molar-refractivity contribution in [1.29, 1.82) is 0 Å². The Bertz CT molecular complexity index is 1040. The third kappa shape index (κ3) is 8.34. The van der Waals surface area contributed by atoms with Gasteiger partial charge in [-0.25, -0.2) is 12.8 Å². The largest absolute Gasteiger partial charge is 0.481 e. The zero-order chi connectivity index (χ0) is 23.7. The minimum Gasteiger partial charge on any atom is -0.481 e. The molecule has 0 radical (unpaired) electrons. The highest BCUT2D eigenvalue weighted by molar-refractivity contribution is 7.90. The van der Waals surface area contributed by atoms with Crippen molar-refractivity contribution in [1.82, 2.24) is 16.2 Å². The van der Waals surface area contributed by atoms with E-state index in [4.69, 9.17) is 4.74 Å². The van der Waals surface area contributed by atoms with E-state index < -0.39 is 45.5 Å². The van der Waals surface area contributed by atoms with Crippen LogP contribution in [0.1, 0.15) is 23.7 Å². The van der Waals surface area contributed by atoms with Crippen molar-refractivity contribution in [2.24, 2.45) is 0 Å². The molecule has 3 N–H and O–H groups in total. The van der Waals surface area contributed by atoms with Crippen molar-refractivity contribution in [3.8, 4) is 5.75 Å². The van der Waals surface area contributed by atoms with Crippen LogP contribution in [-0.2, 0) is 19.4 Å². The first kappa shape index (κ1) is 24.8. The number of nitrogens with one attached hydrogen (secondary N) is 3. The molecule has 0 aliphatic heterocycles. The van der Waals surface area contributed by atoms with Gasteiger partial charge in [-0.1, -0.05) is 18.2 Å². The van der Waals surface area contributed by atoms with Gasteiger partial charge in [0, 0.05) is 11.8 Å². The van der Waals surface area contributed by atoms with Gasteiger partial charge in [-0.15, -0.1) is 0 Å². The average Bonchev–Trinajstić information content (AvgIpc) is 2.76. The number of hydrazine groups is 1. The van der Waals surface area contributed by atoms with E-state index in [0.717, 1.165) is 6.26 Å². The van der Waals surface area contributed by atoms with Gasteiger partial charge in [-0.05, 0) is 49.7 Å². The molecule has 0 spiro atoms. The van der Waals surface area contributed by atoms with Crippen LogP contribution in [0.3, 0.4) is 0 Å². The summed E-state index contributed by atoms with van der Waals surface area (Å²) in [5, 5.41) is 2.47. The fourth-order valence-electron chi connectivity index (χ4n) is 2.51. The molecule has 0 saturated carbocycles. The maximum atomic E-state index is 13.0. The van der Waals surface area contributed by atoms with E-state index >= 15 is 0 Å². The Labute approximate surface area is 185 Å². The summed E-state index contributed by atoms with van der Waals surface area (Å²) in [4.78, 5) is 37.1. The topological polar surface area (TPSA) is 131 Å². The molecule has 2 rings (SSSR count). The maximum absolute atomic E-state index is 13.0. The SMILES string of the molecule is CC(Oc1ccc(F)cc1)C(=O)NNC(=O)C(CCS(C)(=O)=O)NC(=O)c1ccccc1. The molecule has 2 unspecified atom stereocenters. The lowest BCUT2D eigenvalue weighted by molar-refractivity contribution is -0.133. The van der Waals surface area contributed by atoms with E-state index in [2.05, 4.69) is 16.2 Å². The third-order valence-corrected chi connectivity index (χ3v) is 5.22. The van der Waals surface area contributed by atoms with Gasteiger partial charge in [0.2, 0.25) is 0 Å². The van der Waals surface area contributed by atoms with Gasteiger partial charge in [-0.3, -0.25) is 25.2 Å². The second kappa shape index (κ2) is 11.2. The second-order valence-corrected chi connectivity index (χ2v) is 9.26. The summed E-state index contributed by atoms with van der Waals surface area (Å²) in [5.41, 5.74) is 4.62. The van der Waals surface area contributed by atoms with Crippen LogP contribution in [0.2, 0.25) is 0 Å². The van der Waals surface area contributed by atoms with Gasteiger partial charge in [0.25, 0.3) is 17.7 Å². The molecule has 0 aliphatic rings. The van der Waals surface area contributed by atoms with E-state index in [1.807, 2.05) is 0 Å². The number of carbonyl (C=O) groups is 3. The van der Waals surface area contributed by atoms with Gasteiger partial charge in [0.15, 0.2) is 6.10 Å². The summed E-state index contributed by atoms with van der Waals surface area (Å²) in [6.45, 7) is 1.42. The molecule has 32 heavy (non-hydrogen) atoms. The minimum atomic E-state index is -3.40. The van der Waals surface area contributed by atoms with E-state index in [1.165, 1.54) is 43.3 Å². The lowest BCUT2D eigenvalue weighted by Crippen LogP contribution is -2.54. The Morgan fingerprint density at radius 3 is 2.16 bits per heavy atom. The Kier molecular flexibility index (Phi) is 8.71. The van der Waals surface area contributed by atoms with Crippen LogP contribution in [-0.4, -0.2) is 50.3 Å². The summed E-state index contributed by atoms with van der Waals surface area (Å²) in [7, 11) is -3.40. The summed E-state index contributed by atoms with van der Waals surface area (Å²) in [6, 6.07) is 11.9. The molecule has 0 heterocycles. The minimum absolute atomic E-state index is 0.194. The number of benzene rings is 2. The second-order valence-electron chi connectivity index (χ2n) is 7.00. The van der Waals surface area contributed by atoms with Gasteiger partial charge in [-0.2, -0.15) is 0 Å². The van der Waals surface area contributed by atoms with Crippen molar-refractivity contribution >= 4 is 27.6 Å². The molecule has 0 aliphatic carbocycles. The number of hydrogen-bond donors (Lipinski definition) is 3. The highest BCUT2D eigenvalue weighted by atomic mass is 32.2. The summed E-state index contributed by atoms with van der Waals surface area (Å²) >= 11 is 0. The van der Waals surface area contributed by atoms with E-state index in [0.29, 0.717) is 0 Å². The van der Waals surface area contributed by atoms with Crippen LogP contribution in [0.25, 0.3) is 0 Å². The predicted molar refractivity (Wildman–Crippen MR) is 115 cm³/mol. The number of hydrogen-bond acceptors (Lipinski definition) is 6. The fourth-order valence-corrected chi connectivity index (χ4v) is 3.18. The van der Waals surface area contributed by atoms with Crippen LogP contribution < -0.4 is 20.9 Å². The molecule has 3 amide bonds. The number of sulfone groups is 1.